The fraction of sp³-hybridized carbons (Fsp3) is 0.250. The van der Waals surface area contributed by atoms with Gasteiger partial charge in [-0.05, 0) is 24.6 Å². The predicted octanol–water partition coefficient (Wildman–Crippen LogP) is 1.41. The first-order valence-electron chi connectivity index (χ1n) is 3.66. The van der Waals surface area contributed by atoms with Crippen molar-refractivity contribution >= 4 is 13.3 Å². The van der Waals surface area contributed by atoms with Crippen LogP contribution >= 0.6 is 0 Å². The molecule has 0 aliphatic heterocycles. The van der Waals surface area contributed by atoms with E-state index >= 15 is 0 Å². The summed E-state index contributed by atoms with van der Waals surface area (Å²) in [6.07, 6.45) is -4.40. The van der Waals surface area contributed by atoms with Gasteiger partial charge >= 0.3 is 6.18 Å². The molecule has 0 atom stereocenters. The van der Waals surface area contributed by atoms with Gasteiger partial charge in [0.2, 0.25) is 0 Å². The Morgan fingerprint density at radius 3 is 2.15 bits per heavy atom. The lowest BCUT2D eigenvalue weighted by molar-refractivity contribution is -0.137. The van der Waals surface area contributed by atoms with Gasteiger partial charge in [-0.15, -0.1) is 0 Å². The third-order valence-corrected chi connectivity index (χ3v) is 1.78. The Balaban J connectivity index is 3.38. The van der Waals surface area contributed by atoms with Crippen LogP contribution in [0.3, 0.4) is 0 Å². The Bertz CT molecular complexity index is 306. The fourth-order valence-electron chi connectivity index (χ4n) is 1.36. The molecule has 0 N–H and O–H groups in total. The minimum Gasteiger partial charge on any atom is -0.207 e. The van der Waals surface area contributed by atoms with Crippen LogP contribution in [0.4, 0.5) is 17.6 Å². The Labute approximate surface area is 74.0 Å². The van der Waals surface area contributed by atoms with Gasteiger partial charge in [0.25, 0.3) is 0 Å². The van der Waals surface area contributed by atoms with Crippen LogP contribution in [0.5, 0.6) is 0 Å². The van der Waals surface area contributed by atoms with Gasteiger partial charge in [-0.25, -0.2) is 4.39 Å². The van der Waals surface area contributed by atoms with Gasteiger partial charge in [0.1, 0.15) is 13.7 Å². The van der Waals surface area contributed by atoms with E-state index in [9.17, 15) is 17.6 Å². The van der Waals surface area contributed by atoms with E-state index < -0.39 is 17.6 Å². The zero-order valence-electron chi connectivity index (χ0n) is 7.17. The molecule has 0 bridgehead atoms. The summed E-state index contributed by atoms with van der Waals surface area (Å²) in [5.41, 5.74) is -0.899. The number of hydrogen-bond donors (Lipinski definition) is 0. The Morgan fingerprint density at radius 1 is 1.23 bits per heavy atom. The maximum absolute atomic E-state index is 12.6. The van der Waals surface area contributed by atoms with Gasteiger partial charge in [-0.3, -0.25) is 0 Å². The van der Waals surface area contributed by atoms with Crippen LogP contribution in [-0.4, -0.2) is 7.85 Å². The summed E-state index contributed by atoms with van der Waals surface area (Å²) >= 11 is 0. The second-order valence-electron chi connectivity index (χ2n) is 2.91. The van der Waals surface area contributed by atoms with Crippen molar-refractivity contribution in [2.45, 2.75) is 13.1 Å². The molecular weight excluding hydrogens is 183 g/mol. The van der Waals surface area contributed by atoms with Crippen molar-refractivity contribution in [1.29, 1.82) is 0 Å². The van der Waals surface area contributed by atoms with Gasteiger partial charge < -0.3 is 0 Å². The third kappa shape index (κ3) is 2.02. The molecule has 0 spiro atoms. The molecule has 0 amide bonds. The number of aryl methyl sites for hydroxylation is 1. The molecule has 0 radical (unpaired) electrons. The fourth-order valence-corrected chi connectivity index (χ4v) is 1.36. The maximum Gasteiger partial charge on any atom is 0.416 e. The van der Waals surface area contributed by atoms with Gasteiger partial charge in [-0.1, -0.05) is 5.46 Å². The molecule has 1 aromatic carbocycles. The minimum absolute atomic E-state index is 0.0787. The zero-order chi connectivity index (χ0) is 10.2. The quantitative estimate of drug-likeness (QED) is 0.428. The molecule has 5 heteroatoms. The monoisotopic (exact) mass is 190 g/mol. The van der Waals surface area contributed by atoms with Gasteiger partial charge in [0, 0.05) is 0 Å². The highest BCUT2D eigenvalue weighted by atomic mass is 19.4. The molecule has 0 saturated heterocycles. The lowest BCUT2D eigenvalue weighted by Gasteiger charge is -2.13. The van der Waals surface area contributed by atoms with Crippen LogP contribution in [0.25, 0.3) is 0 Å². The Hall–Kier alpha value is -0.995. The van der Waals surface area contributed by atoms with E-state index in [-0.39, 0.29) is 11.0 Å². The molecule has 1 aromatic rings. The first kappa shape index (κ1) is 10.1. The molecule has 70 valence electrons. The summed E-state index contributed by atoms with van der Waals surface area (Å²) in [5.74, 6) is -0.636. The van der Waals surface area contributed by atoms with Crippen molar-refractivity contribution < 1.29 is 17.6 Å². The second kappa shape index (κ2) is 3.05. The summed E-state index contributed by atoms with van der Waals surface area (Å²) in [4.78, 5) is 0. The molecule has 0 aromatic heterocycles. The molecule has 0 aliphatic carbocycles. The number of alkyl halides is 3. The highest BCUT2D eigenvalue weighted by Crippen LogP contribution is 2.30. The number of rotatable bonds is 0. The molecule has 0 nitrogen and oxygen atoms in total. The smallest absolute Gasteiger partial charge is 0.207 e. The summed E-state index contributed by atoms with van der Waals surface area (Å²) in [5, 5.41) is 0. The largest absolute Gasteiger partial charge is 0.416 e. The average Bonchev–Trinajstić information content (AvgIpc) is 1.78. The van der Waals surface area contributed by atoms with Crippen molar-refractivity contribution in [1.82, 2.24) is 0 Å². The van der Waals surface area contributed by atoms with E-state index in [1.807, 2.05) is 0 Å². The van der Waals surface area contributed by atoms with Crippen LogP contribution in [-0.2, 0) is 6.18 Å². The molecular formula is C8H7BF4. The zero-order valence-corrected chi connectivity index (χ0v) is 7.17. The highest BCUT2D eigenvalue weighted by Gasteiger charge is 2.33. The number of benzene rings is 1. The molecule has 0 heterocycles. The first-order valence-corrected chi connectivity index (χ1v) is 3.66. The van der Waals surface area contributed by atoms with Gasteiger partial charge in [-0.2, -0.15) is 13.2 Å². The highest BCUT2D eigenvalue weighted by molar-refractivity contribution is 6.33. The summed E-state index contributed by atoms with van der Waals surface area (Å²) in [6.45, 7) is 1.25. The standard InChI is InChI=1S/C8H7BF4/c1-4-2-5(10)3-6(9)7(4)8(11,12)13/h2-3H,9H2,1H3. The van der Waals surface area contributed by atoms with Crippen molar-refractivity contribution in [3.05, 3.63) is 29.1 Å². The average molecular weight is 190 g/mol. The van der Waals surface area contributed by atoms with Crippen LogP contribution in [0.1, 0.15) is 11.1 Å². The van der Waals surface area contributed by atoms with E-state index in [1.54, 1.807) is 0 Å². The summed E-state index contributed by atoms with van der Waals surface area (Å²) in [6, 6.07) is 1.77. The molecule has 1 rings (SSSR count). The van der Waals surface area contributed by atoms with E-state index in [0.29, 0.717) is 0 Å². The third-order valence-electron chi connectivity index (χ3n) is 1.78. The molecule has 13 heavy (non-hydrogen) atoms. The van der Waals surface area contributed by atoms with Crippen molar-refractivity contribution in [2.24, 2.45) is 0 Å². The van der Waals surface area contributed by atoms with E-state index in [1.165, 1.54) is 14.8 Å². The molecule has 0 unspecified atom stereocenters. The van der Waals surface area contributed by atoms with Crippen LogP contribution in [0.2, 0.25) is 0 Å². The van der Waals surface area contributed by atoms with E-state index in [0.717, 1.165) is 12.1 Å². The Kier molecular flexibility index (Phi) is 2.37. The van der Waals surface area contributed by atoms with Crippen LogP contribution in [0.15, 0.2) is 12.1 Å². The van der Waals surface area contributed by atoms with E-state index in [4.69, 9.17) is 0 Å². The lowest BCUT2D eigenvalue weighted by atomic mass is 9.87. The first-order chi connectivity index (χ1) is 5.82. The van der Waals surface area contributed by atoms with Crippen molar-refractivity contribution in [2.75, 3.05) is 0 Å². The molecule has 0 aliphatic rings. The predicted molar refractivity (Wildman–Crippen MR) is 44.3 cm³/mol. The summed E-state index contributed by atoms with van der Waals surface area (Å²) < 4.78 is 49.6. The lowest BCUT2D eigenvalue weighted by Crippen LogP contribution is -2.22. The van der Waals surface area contributed by atoms with Crippen molar-refractivity contribution in [3.63, 3.8) is 0 Å². The summed E-state index contributed by atoms with van der Waals surface area (Å²) in [7, 11) is 1.25. The number of hydrogen-bond acceptors (Lipinski definition) is 0. The SMILES string of the molecule is Bc1cc(F)cc(C)c1C(F)(F)F. The van der Waals surface area contributed by atoms with Crippen LogP contribution in [0, 0.1) is 12.7 Å². The van der Waals surface area contributed by atoms with Crippen molar-refractivity contribution in [3.8, 4) is 0 Å². The molecule has 0 saturated carbocycles. The number of halogens is 4. The minimum atomic E-state index is -4.40. The van der Waals surface area contributed by atoms with E-state index in [2.05, 4.69) is 0 Å². The topological polar surface area (TPSA) is 0 Å². The van der Waals surface area contributed by atoms with Gasteiger partial charge in [0.15, 0.2) is 0 Å². The van der Waals surface area contributed by atoms with Crippen LogP contribution < -0.4 is 5.46 Å². The van der Waals surface area contributed by atoms with Gasteiger partial charge in [0.05, 0.1) is 5.56 Å². The maximum atomic E-state index is 12.6. The Morgan fingerprint density at radius 2 is 1.77 bits per heavy atom. The molecule has 0 fully saturated rings. The second-order valence-corrected chi connectivity index (χ2v) is 2.91. The normalized spacial score (nSPS) is 11.8.